The highest BCUT2D eigenvalue weighted by Crippen LogP contribution is 2.25. The summed E-state index contributed by atoms with van der Waals surface area (Å²) in [5, 5.41) is 6.06. The largest absolute Gasteiger partial charge is 0.324 e. The summed E-state index contributed by atoms with van der Waals surface area (Å²) in [5.41, 5.74) is 3.69. The molecule has 2 aromatic heterocycles. The second-order valence-electron chi connectivity index (χ2n) is 4.87. The van der Waals surface area contributed by atoms with E-state index in [9.17, 15) is 4.91 Å². The summed E-state index contributed by atoms with van der Waals surface area (Å²) >= 11 is 3.40. The van der Waals surface area contributed by atoms with E-state index in [0.717, 1.165) is 27.0 Å². The molecule has 0 atom stereocenters. The van der Waals surface area contributed by atoms with Crippen LogP contribution in [0.1, 0.15) is 5.56 Å². The molecule has 0 radical (unpaired) electrons. The van der Waals surface area contributed by atoms with Crippen LogP contribution in [-0.4, -0.2) is 15.0 Å². The molecule has 0 unspecified atom stereocenters. The molecule has 0 aliphatic heterocycles. The van der Waals surface area contributed by atoms with Crippen molar-refractivity contribution in [1.29, 1.82) is 0 Å². The molecule has 3 rings (SSSR count). The first kappa shape index (κ1) is 15.2. The van der Waals surface area contributed by atoms with Crippen LogP contribution in [0.5, 0.6) is 0 Å². The summed E-state index contributed by atoms with van der Waals surface area (Å²) in [4.78, 5) is 23.5. The third kappa shape index (κ3) is 3.57. The van der Waals surface area contributed by atoms with E-state index < -0.39 is 0 Å². The van der Waals surface area contributed by atoms with Gasteiger partial charge in [0, 0.05) is 34.3 Å². The SMILES string of the molecule is Cc1ccc(N=O)cc1Nc1nccc(-c2cncc(Br)c2)n1. The molecule has 1 N–H and O–H groups in total. The zero-order valence-corrected chi connectivity index (χ0v) is 13.8. The van der Waals surface area contributed by atoms with Gasteiger partial charge in [0.05, 0.1) is 5.69 Å². The molecular formula is C16H12BrN5O. The molecule has 0 spiro atoms. The van der Waals surface area contributed by atoms with Crippen molar-refractivity contribution < 1.29 is 0 Å². The number of nitroso groups, excluding NO2 is 1. The molecule has 0 aliphatic carbocycles. The fraction of sp³-hybridized carbons (Fsp3) is 0.0625. The molecule has 0 aliphatic rings. The fourth-order valence-electron chi connectivity index (χ4n) is 2.05. The molecule has 7 heteroatoms. The topological polar surface area (TPSA) is 80.1 Å². The molecule has 2 heterocycles. The molecular weight excluding hydrogens is 358 g/mol. The first-order chi connectivity index (χ1) is 11.2. The second kappa shape index (κ2) is 6.62. The lowest BCUT2D eigenvalue weighted by molar-refractivity contribution is 1.16. The van der Waals surface area contributed by atoms with Crippen LogP contribution in [0.3, 0.4) is 0 Å². The minimum absolute atomic E-state index is 0.352. The highest BCUT2D eigenvalue weighted by molar-refractivity contribution is 9.10. The van der Waals surface area contributed by atoms with E-state index in [1.54, 1.807) is 30.7 Å². The number of rotatable bonds is 4. The van der Waals surface area contributed by atoms with Crippen molar-refractivity contribution in [2.75, 3.05) is 5.32 Å². The Kier molecular flexibility index (Phi) is 4.38. The Labute approximate surface area is 141 Å². The van der Waals surface area contributed by atoms with E-state index in [1.807, 2.05) is 25.1 Å². The van der Waals surface area contributed by atoms with E-state index in [2.05, 4.69) is 41.4 Å². The standard InChI is InChI=1S/C16H12BrN5O/c1-10-2-3-13(22-23)7-15(10)21-16-19-5-4-14(20-16)11-6-12(17)9-18-8-11/h2-9H,1H3,(H,19,20,21). The number of hydrogen-bond acceptors (Lipinski definition) is 6. The van der Waals surface area contributed by atoms with Crippen LogP contribution in [0.4, 0.5) is 17.3 Å². The molecule has 0 saturated carbocycles. The Morgan fingerprint density at radius 1 is 1.17 bits per heavy atom. The number of nitrogens with one attached hydrogen (secondary N) is 1. The number of hydrogen-bond donors (Lipinski definition) is 1. The van der Waals surface area contributed by atoms with Crippen molar-refractivity contribution in [3.05, 3.63) is 63.9 Å². The second-order valence-corrected chi connectivity index (χ2v) is 5.79. The Bertz CT molecular complexity index is 869. The number of benzene rings is 1. The van der Waals surface area contributed by atoms with E-state index in [1.165, 1.54) is 0 Å². The fourth-order valence-corrected chi connectivity index (χ4v) is 2.42. The number of nitrogens with zero attached hydrogens (tertiary/aromatic N) is 4. The Morgan fingerprint density at radius 2 is 2.04 bits per heavy atom. The van der Waals surface area contributed by atoms with Gasteiger partial charge in [-0.2, -0.15) is 0 Å². The number of aromatic nitrogens is 3. The van der Waals surface area contributed by atoms with E-state index in [4.69, 9.17) is 0 Å². The van der Waals surface area contributed by atoms with Crippen molar-refractivity contribution in [3.63, 3.8) is 0 Å². The van der Waals surface area contributed by atoms with Crippen molar-refractivity contribution in [1.82, 2.24) is 15.0 Å². The van der Waals surface area contributed by atoms with E-state index >= 15 is 0 Å². The summed E-state index contributed by atoms with van der Waals surface area (Å²) in [6.07, 6.45) is 5.12. The lowest BCUT2D eigenvalue weighted by atomic mass is 10.2. The Balaban J connectivity index is 1.93. The molecule has 1 aromatic carbocycles. The van der Waals surface area contributed by atoms with Gasteiger partial charge in [-0.3, -0.25) is 4.98 Å². The van der Waals surface area contributed by atoms with Crippen LogP contribution in [0.15, 0.2) is 58.6 Å². The number of halogens is 1. The maximum atomic E-state index is 10.7. The van der Waals surface area contributed by atoms with Crippen LogP contribution < -0.4 is 5.32 Å². The van der Waals surface area contributed by atoms with Gasteiger partial charge in [-0.1, -0.05) is 6.07 Å². The monoisotopic (exact) mass is 369 g/mol. The zero-order chi connectivity index (χ0) is 16.2. The Morgan fingerprint density at radius 3 is 2.83 bits per heavy atom. The molecule has 114 valence electrons. The summed E-state index contributed by atoms with van der Waals surface area (Å²) in [7, 11) is 0. The lowest BCUT2D eigenvalue weighted by Crippen LogP contribution is -1.99. The molecule has 0 saturated heterocycles. The van der Waals surface area contributed by atoms with E-state index in [0.29, 0.717) is 11.6 Å². The van der Waals surface area contributed by atoms with Crippen molar-refractivity contribution >= 4 is 33.3 Å². The Hall–Kier alpha value is -2.67. The number of anilines is 2. The zero-order valence-electron chi connectivity index (χ0n) is 12.2. The normalized spacial score (nSPS) is 10.3. The van der Waals surface area contributed by atoms with Gasteiger partial charge < -0.3 is 5.32 Å². The van der Waals surface area contributed by atoms with Gasteiger partial charge in [0.2, 0.25) is 5.95 Å². The quantitative estimate of drug-likeness (QED) is 0.671. The summed E-state index contributed by atoms with van der Waals surface area (Å²) in [5.74, 6) is 0.439. The van der Waals surface area contributed by atoms with Crippen LogP contribution >= 0.6 is 15.9 Å². The average Bonchev–Trinajstić information content (AvgIpc) is 2.57. The number of pyridine rings is 1. The lowest BCUT2D eigenvalue weighted by Gasteiger charge is -2.09. The van der Waals surface area contributed by atoms with Gasteiger partial charge >= 0.3 is 0 Å². The first-order valence-corrected chi connectivity index (χ1v) is 7.60. The van der Waals surface area contributed by atoms with Crippen molar-refractivity contribution in [2.45, 2.75) is 6.92 Å². The molecule has 0 amide bonds. The van der Waals surface area contributed by atoms with Crippen molar-refractivity contribution in [2.24, 2.45) is 5.18 Å². The van der Waals surface area contributed by atoms with Crippen LogP contribution in [0, 0.1) is 11.8 Å². The summed E-state index contributed by atoms with van der Waals surface area (Å²) in [6, 6.07) is 8.89. The number of aryl methyl sites for hydroxylation is 1. The maximum absolute atomic E-state index is 10.7. The predicted octanol–water partition coefficient (Wildman–Crippen LogP) is 4.75. The van der Waals surface area contributed by atoms with Crippen LogP contribution in [0.2, 0.25) is 0 Å². The van der Waals surface area contributed by atoms with Gasteiger partial charge in [0.25, 0.3) is 0 Å². The summed E-state index contributed by atoms with van der Waals surface area (Å²) < 4.78 is 0.878. The average molecular weight is 370 g/mol. The molecule has 6 nitrogen and oxygen atoms in total. The van der Waals surface area contributed by atoms with Crippen LogP contribution in [0.25, 0.3) is 11.3 Å². The van der Waals surface area contributed by atoms with E-state index in [-0.39, 0.29) is 0 Å². The van der Waals surface area contributed by atoms with Gasteiger partial charge in [0.15, 0.2) is 0 Å². The molecule has 0 fully saturated rings. The molecule has 23 heavy (non-hydrogen) atoms. The van der Waals surface area contributed by atoms with Gasteiger partial charge in [-0.05, 0) is 57.9 Å². The van der Waals surface area contributed by atoms with Gasteiger partial charge in [-0.15, -0.1) is 4.91 Å². The van der Waals surface area contributed by atoms with Crippen LogP contribution in [-0.2, 0) is 0 Å². The predicted molar refractivity (Wildman–Crippen MR) is 92.9 cm³/mol. The maximum Gasteiger partial charge on any atom is 0.227 e. The third-order valence-corrected chi connectivity index (χ3v) is 3.66. The summed E-state index contributed by atoms with van der Waals surface area (Å²) in [6.45, 7) is 1.93. The van der Waals surface area contributed by atoms with Gasteiger partial charge in [-0.25, -0.2) is 9.97 Å². The first-order valence-electron chi connectivity index (χ1n) is 6.81. The van der Waals surface area contributed by atoms with Crippen molar-refractivity contribution in [3.8, 4) is 11.3 Å². The van der Waals surface area contributed by atoms with Gasteiger partial charge in [0.1, 0.15) is 5.69 Å². The highest BCUT2D eigenvalue weighted by atomic mass is 79.9. The third-order valence-electron chi connectivity index (χ3n) is 3.23. The minimum atomic E-state index is 0.352. The smallest absolute Gasteiger partial charge is 0.227 e. The molecule has 3 aromatic rings. The minimum Gasteiger partial charge on any atom is -0.324 e. The molecule has 0 bridgehead atoms. The highest BCUT2D eigenvalue weighted by Gasteiger charge is 2.06.